The molecule has 0 fully saturated rings. The molecule has 1 aliphatic heterocycles. The molecule has 0 saturated heterocycles. The van der Waals surface area contributed by atoms with Gasteiger partial charge in [0.2, 0.25) is 11.9 Å². The van der Waals surface area contributed by atoms with Crippen molar-refractivity contribution in [1.82, 2.24) is 10.1 Å². The van der Waals surface area contributed by atoms with Gasteiger partial charge in [-0.25, -0.2) is 0 Å². The minimum absolute atomic E-state index is 0.0148. The van der Waals surface area contributed by atoms with Crippen molar-refractivity contribution < 1.29 is 50.2 Å². The summed E-state index contributed by atoms with van der Waals surface area (Å²) < 4.78 is 102. The maximum absolute atomic E-state index is 13.8. The summed E-state index contributed by atoms with van der Waals surface area (Å²) in [6.45, 7) is -0.245. The fourth-order valence-electron chi connectivity index (χ4n) is 4.04. The average molecular weight is 564 g/mol. The van der Waals surface area contributed by atoms with Crippen LogP contribution in [0, 0.1) is 0 Å². The Morgan fingerprint density at radius 2 is 1.65 bits per heavy atom. The van der Waals surface area contributed by atoms with Crippen LogP contribution in [0.25, 0.3) is 23.1 Å². The molecule has 0 spiro atoms. The number of fused-ring (bicyclic) bond motifs is 1. The SMILES string of the molecule is COc1ccc(-c2nc(COc3ccc4c(c3)C=C(c3ccc(O)cc3)C(C(F)(F)F)O4)no2)cc1C(F)(F)F. The number of benzene rings is 3. The van der Waals surface area contributed by atoms with Crippen LogP contribution in [0.4, 0.5) is 26.3 Å². The molecule has 0 radical (unpaired) electrons. The van der Waals surface area contributed by atoms with E-state index in [1.54, 1.807) is 0 Å². The molecule has 1 aliphatic rings. The molecule has 1 unspecified atom stereocenters. The second kappa shape index (κ2) is 10.1. The molecule has 40 heavy (non-hydrogen) atoms. The van der Waals surface area contributed by atoms with Crippen molar-refractivity contribution in [3.63, 3.8) is 0 Å². The Hall–Kier alpha value is -4.68. The van der Waals surface area contributed by atoms with E-state index in [2.05, 4.69) is 10.1 Å². The Balaban J connectivity index is 1.36. The van der Waals surface area contributed by atoms with E-state index >= 15 is 0 Å². The third kappa shape index (κ3) is 5.53. The Morgan fingerprint density at radius 1 is 0.925 bits per heavy atom. The number of hydrogen-bond donors (Lipinski definition) is 1. The molecular weight excluding hydrogens is 546 g/mol. The number of halogens is 6. The minimum atomic E-state index is -4.70. The molecule has 7 nitrogen and oxygen atoms in total. The lowest BCUT2D eigenvalue weighted by molar-refractivity contribution is -0.177. The number of alkyl halides is 6. The van der Waals surface area contributed by atoms with Crippen LogP contribution in [0.15, 0.2) is 65.2 Å². The van der Waals surface area contributed by atoms with Crippen LogP contribution >= 0.6 is 0 Å². The van der Waals surface area contributed by atoms with Gasteiger partial charge in [-0.05, 0) is 60.2 Å². The summed E-state index contributed by atoms with van der Waals surface area (Å²) in [5.74, 6) is -0.391. The number of hydrogen-bond acceptors (Lipinski definition) is 7. The van der Waals surface area contributed by atoms with Gasteiger partial charge in [-0.3, -0.25) is 0 Å². The molecule has 2 heterocycles. The highest BCUT2D eigenvalue weighted by Crippen LogP contribution is 2.43. The van der Waals surface area contributed by atoms with Gasteiger partial charge in [0.25, 0.3) is 5.89 Å². The standard InChI is InChI=1S/C27H18F6N2O5/c1-37-22-8-4-15(12-20(22)26(28,29)30)25-34-23(35-40-25)13-38-18-7-9-21-16(10-18)11-19(24(39-21)27(31,32)33)14-2-5-17(36)6-3-14/h2-12,24,36H,13H2,1H3. The second-order valence-electron chi connectivity index (χ2n) is 8.60. The Labute approximate surface area is 222 Å². The number of phenolic OH excluding ortho intramolecular Hbond substituents is 1. The van der Waals surface area contributed by atoms with Gasteiger partial charge in [0.15, 0.2) is 6.61 Å². The first kappa shape index (κ1) is 26.9. The molecule has 1 aromatic heterocycles. The molecule has 0 amide bonds. The third-order valence-electron chi connectivity index (χ3n) is 5.91. The van der Waals surface area contributed by atoms with Gasteiger partial charge >= 0.3 is 12.4 Å². The number of phenols is 1. The summed E-state index contributed by atoms with van der Waals surface area (Å²) in [5.41, 5.74) is -0.620. The summed E-state index contributed by atoms with van der Waals surface area (Å²) in [4.78, 5) is 4.06. The maximum Gasteiger partial charge on any atom is 0.429 e. The van der Waals surface area contributed by atoms with Crippen molar-refractivity contribution in [2.75, 3.05) is 7.11 Å². The van der Waals surface area contributed by atoms with Gasteiger partial charge in [-0.15, -0.1) is 0 Å². The number of rotatable bonds is 6. The Kier molecular flexibility index (Phi) is 6.82. The van der Waals surface area contributed by atoms with Gasteiger partial charge in [-0.1, -0.05) is 17.3 Å². The van der Waals surface area contributed by atoms with Crippen molar-refractivity contribution in [3.8, 4) is 34.5 Å². The predicted molar refractivity (Wildman–Crippen MR) is 129 cm³/mol. The summed E-state index contributed by atoms with van der Waals surface area (Å²) in [7, 11) is 1.12. The molecule has 4 aromatic rings. The summed E-state index contributed by atoms with van der Waals surface area (Å²) in [5, 5.41) is 13.2. The fourth-order valence-corrected chi connectivity index (χ4v) is 4.04. The topological polar surface area (TPSA) is 86.8 Å². The van der Waals surface area contributed by atoms with Gasteiger partial charge < -0.3 is 23.8 Å². The summed E-state index contributed by atoms with van der Waals surface area (Å²) in [6, 6.07) is 12.7. The lowest BCUT2D eigenvalue weighted by atomic mass is 9.94. The highest BCUT2D eigenvalue weighted by atomic mass is 19.4. The van der Waals surface area contributed by atoms with Gasteiger partial charge in [-0.2, -0.15) is 31.3 Å². The van der Waals surface area contributed by atoms with Crippen LogP contribution in [0.3, 0.4) is 0 Å². The summed E-state index contributed by atoms with van der Waals surface area (Å²) in [6.07, 6.45) is -10.3. The Morgan fingerprint density at radius 3 is 2.33 bits per heavy atom. The van der Waals surface area contributed by atoms with E-state index in [-0.39, 0.29) is 58.0 Å². The zero-order chi connectivity index (χ0) is 28.7. The first-order chi connectivity index (χ1) is 18.9. The number of methoxy groups -OCH3 is 1. The van der Waals surface area contributed by atoms with Crippen molar-refractivity contribution in [1.29, 1.82) is 0 Å². The van der Waals surface area contributed by atoms with E-state index in [1.165, 1.54) is 54.6 Å². The highest BCUT2D eigenvalue weighted by Gasteiger charge is 2.46. The van der Waals surface area contributed by atoms with Crippen LogP contribution in [0.1, 0.15) is 22.5 Å². The second-order valence-corrected chi connectivity index (χ2v) is 8.60. The van der Waals surface area contributed by atoms with E-state index in [9.17, 15) is 31.4 Å². The Bertz CT molecular complexity index is 1560. The van der Waals surface area contributed by atoms with Crippen molar-refractivity contribution in [2.24, 2.45) is 0 Å². The molecule has 1 N–H and O–H groups in total. The van der Waals surface area contributed by atoms with Crippen LogP contribution < -0.4 is 14.2 Å². The first-order valence-corrected chi connectivity index (χ1v) is 11.5. The normalized spacial score (nSPS) is 15.2. The number of aromatic hydroxyl groups is 1. The van der Waals surface area contributed by atoms with Gasteiger partial charge in [0.05, 0.1) is 12.7 Å². The molecule has 0 aliphatic carbocycles. The van der Waals surface area contributed by atoms with E-state index in [0.29, 0.717) is 5.56 Å². The first-order valence-electron chi connectivity index (χ1n) is 11.5. The zero-order valence-electron chi connectivity index (χ0n) is 20.4. The lowest BCUT2D eigenvalue weighted by Crippen LogP contribution is -2.37. The monoisotopic (exact) mass is 564 g/mol. The number of aromatic nitrogens is 2. The van der Waals surface area contributed by atoms with Crippen molar-refractivity contribution >= 4 is 11.6 Å². The van der Waals surface area contributed by atoms with Crippen LogP contribution in [0.5, 0.6) is 23.0 Å². The van der Waals surface area contributed by atoms with E-state index in [0.717, 1.165) is 19.2 Å². The smallest absolute Gasteiger partial charge is 0.429 e. The van der Waals surface area contributed by atoms with Crippen LogP contribution in [-0.4, -0.2) is 34.6 Å². The molecule has 3 aromatic carbocycles. The zero-order valence-corrected chi connectivity index (χ0v) is 20.4. The van der Waals surface area contributed by atoms with Crippen molar-refractivity contribution in [2.45, 2.75) is 25.1 Å². The van der Waals surface area contributed by atoms with Crippen LogP contribution in [-0.2, 0) is 12.8 Å². The highest BCUT2D eigenvalue weighted by molar-refractivity contribution is 5.88. The van der Waals surface area contributed by atoms with Crippen molar-refractivity contribution in [3.05, 3.63) is 83.2 Å². The molecule has 0 bridgehead atoms. The molecule has 1 atom stereocenters. The third-order valence-corrected chi connectivity index (χ3v) is 5.91. The maximum atomic E-state index is 13.8. The number of ether oxygens (including phenoxy) is 3. The molecular formula is C27H18F6N2O5. The quantitative estimate of drug-likeness (QED) is 0.255. The average Bonchev–Trinajstić information content (AvgIpc) is 3.39. The minimum Gasteiger partial charge on any atom is -0.508 e. The largest absolute Gasteiger partial charge is 0.508 e. The number of nitrogens with zero attached hydrogens (tertiary/aromatic N) is 2. The summed E-state index contributed by atoms with van der Waals surface area (Å²) >= 11 is 0. The van der Waals surface area contributed by atoms with Crippen LogP contribution in [0.2, 0.25) is 0 Å². The predicted octanol–water partition coefficient (Wildman–Crippen LogP) is 6.91. The molecule has 208 valence electrons. The fraction of sp³-hybridized carbons (Fsp3) is 0.185. The van der Waals surface area contributed by atoms with Gasteiger partial charge in [0, 0.05) is 16.7 Å². The molecule has 0 saturated carbocycles. The van der Waals surface area contributed by atoms with E-state index < -0.39 is 24.0 Å². The molecule has 5 rings (SSSR count). The molecule has 13 heteroatoms. The van der Waals surface area contributed by atoms with E-state index in [1.807, 2.05) is 0 Å². The van der Waals surface area contributed by atoms with E-state index in [4.69, 9.17) is 18.7 Å². The lowest BCUT2D eigenvalue weighted by Gasteiger charge is -2.29. The van der Waals surface area contributed by atoms with Gasteiger partial charge in [0.1, 0.15) is 23.0 Å².